The number of alkyl halides is 1. The molecule has 2 N–H and O–H groups in total. The van der Waals surface area contributed by atoms with E-state index in [1.807, 2.05) is 30.3 Å². The van der Waals surface area contributed by atoms with Gasteiger partial charge in [0.15, 0.2) is 0 Å². The van der Waals surface area contributed by atoms with Gasteiger partial charge in [0.2, 0.25) is 5.91 Å². The second-order valence-corrected chi connectivity index (χ2v) is 3.58. The predicted octanol–water partition coefficient (Wildman–Crippen LogP) is 1.47. The Balaban J connectivity index is 2.46. The van der Waals surface area contributed by atoms with E-state index in [9.17, 15) is 4.79 Å². The highest BCUT2D eigenvalue weighted by Crippen LogP contribution is 2.19. The van der Waals surface area contributed by atoms with E-state index in [4.69, 9.17) is 16.7 Å². The van der Waals surface area contributed by atoms with Crippen LogP contribution >= 0.6 is 11.6 Å². The van der Waals surface area contributed by atoms with Gasteiger partial charge in [0, 0.05) is 13.2 Å². The number of benzene rings is 1. The lowest BCUT2D eigenvalue weighted by Crippen LogP contribution is -2.28. The molecular formula is C11H14ClNO2. The molecule has 0 saturated heterocycles. The Morgan fingerprint density at radius 2 is 2.07 bits per heavy atom. The van der Waals surface area contributed by atoms with E-state index in [0.717, 1.165) is 5.56 Å². The van der Waals surface area contributed by atoms with Crippen molar-refractivity contribution in [3.63, 3.8) is 0 Å². The summed E-state index contributed by atoms with van der Waals surface area (Å²) in [4.78, 5) is 11.5. The van der Waals surface area contributed by atoms with Crippen LogP contribution in [0.25, 0.3) is 0 Å². The highest BCUT2D eigenvalue weighted by molar-refractivity contribution is 6.30. The van der Waals surface area contributed by atoms with Crippen LogP contribution in [0.2, 0.25) is 0 Å². The second kappa shape index (κ2) is 6.43. The molecule has 4 heteroatoms. The zero-order valence-electron chi connectivity index (χ0n) is 8.32. The molecular weight excluding hydrogens is 214 g/mol. The number of nitrogens with one attached hydrogen (secondary N) is 1. The van der Waals surface area contributed by atoms with Crippen LogP contribution in [0.15, 0.2) is 30.3 Å². The smallest absolute Gasteiger partial charge is 0.242 e. The summed E-state index contributed by atoms with van der Waals surface area (Å²) in [5, 5.41) is 10.5. The quantitative estimate of drug-likeness (QED) is 0.591. The van der Waals surface area contributed by atoms with Gasteiger partial charge < -0.3 is 10.4 Å². The molecule has 0 aliphatic rings. The number of hydrogen-bond donors (Lipinski definition) is 2. The van der Waals surface area contributed by atoms with Gasteiger partial charge in [-0.25, -0.2) is 0 Å². The molecule has 0 aliphatic heterocycles. The fourth-order valence-corrected chi connectivity index (χ4v) is 1.38. The first kappa shape index (κ1) is 12.0. The molecule has 0 aromatic heterocycles. The molecule has 0 fully saturated rings. The molecule has 1 aromatic carbocycles. The molecule has 0 saturated carbocycles. The standard InChI is InChI=1S/C11H14ClNO2/c12-10(9-5-2-1-3-6-9)11(15)13-7-4-8-14/h1-3,5-6,10,14H,4,7-8H2,(H,13,15). The van der Waals surface area contributed by atoms with Crippen LogP contribution < -0.4 is 5.32 Å². The van der Waals surface area contributed by atoms with Crippen LogP contribution in [0.5, 0.6) is 0 Å². The average molecular weight is 228 g/mol. The number of aliphatic hydroxyl groups is 1. The highest BCUT2D eigenvalue weighted by atomic mass is 35.5. The highest BCUT2D eigenvalue weighted by Gasteiger charge is 2.15. The van der Waals surface area contributed by atoms with E-state index in [0.29, 0.717) is 13.0 Å². The molecule has 82 valence electrons. The summed E-state index contributed by atoms with van der Waals surface area (Å²) in [6, 6.07) is 9.17. The lowest BCUT2D eigenvalue weighted by atomic mass is 10.1. The summed E-state index contributed by atoms with van der Waals surface area (Å²) in [5.41, 5.74) is 0.778. The first-order valence-electron chi connectivity index (χ1n) is 4.83. The second-order valence-electron chi connectivity index (χ2n) is 3.14. The van der Waals surface area contributed by atoms with Crippen LogP contribution in [0.3, 0.4) is 0 Å². The Bertz CT molecular complexity index is 303. The minimum Gasteiger partial charge on any atom is -0.396 e. The van der Waals surface area contributed by atoms with Crippen molar-refractivity contribution < 1.29 is 9.90 Å². The number of carbonyl (C=O) groups is 1. The fraction of sp³-hybridized carbons (Fsp3) is 0.364. The van der Waals surface area contributed by atoms with Gasteiger partial charge in [-0.3, -0.25) is 4.79 Å². The SMILES string of the molecule is O=C(NCCCO)C(Cl)c1ccccc1. The first-order chi connectivity index (χ1) is 7.25. The summed E-state index contributed by atoms with van der Waals surface area (Å²) >= 11 is 5.96. The maximum Gasteiger partial charge on any atom is 0.242 e. The minimum absolute atomic E-state index is 0.0680. The van der Waals surface area contributed by atoms with Crippen molar-refractivity contribution >= 4 is 17.5 Å². The molecule has 0 radical (unpaired) electrons. The van der Waals surface area contributed by atoms with E-state index in [2.05, 4.69) is 5.32 Å². The Labute approximate surface area is 94.1 Å². The number of hydrogen-bond acceptors (Lipinski definition) is 2. The summed E-state index contributed by atoms with van der Waals surface area (Å²) in [6.07, 6.45) is 0.546. The third-order valence-electron chi connectivity index (χ3n) is 1.96. The Hall–Kier alpha value is -1.06. The van der Waals surface area contributed by atoms with Crippen molar-refractivity contribution in [3.8, 4) is 0 Å². The Morgan fingerprint density at radius 3 is 2.67 bits per heavy atom. The lowest BCUT2D eigenvalue weighted by molar-refractivity contribution is -0.120. The van der Waals surface area contributed by atoms with E-state index in [1.54, 1.807) is 0 Å². The third-order valence-corrected chi connectivity index (χ3v) is 2.41. The molecule has 1 atom stereocenters. The normalized spacial score (nSPS) is 12.1. The number of aliphatic hydroxyl groups excluding tert-OH is 1. The molecule has 3 nitrogen and oxygen atoms in total. The number of carbonyl (C=O) groups excluding carboxylic acids is 1. The van der Waals surface area contributed by atoms with Crippen LogP contribution in [0, 0.1) is 0 Å². The van der Waals surface area contributed by atoms with Gasteiger partial charge in [-0.2, -0.15) is 0 Å². The predicted molar refractivity (Wildman–Crippen MR) is 59.7 cm³/mol. The summed E-state index contributed by atoms with van der Waals surface area (Å²) in [7, 11) is 0. The average Bonchev–Trinajstić information content (AvgIpc) is 2.29. The van der Waals surface area contributed by atoms with Crippen molar-refractivity contribution in [3.05, 3.63) is 35.9 Å². The number of amides is 1. The van der Waals surface area contributed by atoms with Crippen molar-refractivity contribution in [1.82, 2.24) is 5.32 Å². The Kier molecular flexibility index (Phi) is 5.15. The topological polar surface area (TPSA) is 49.3 Å². The molecule has 0 heterocycles. The van der Waals surface area contributed by atoms with E-state index < -0.39 is 5.38 Å². The maximum atomic E-state index is 11.5. The van der Waals surface area contributed by atoms with Crippen LogP contribution in [-0.4, -0.2) is 24.2 Å². The van der Waals surface area contributed by atoms with Gasteiger partial charge in [-0.05, 0) is 12.0 Å². The number of rotatable bonds is 5. The molecule has 1 unspecified atom stereocenters. The molecule has 1 amide bonds. The van der Waals surface area contributed by atoms with Gasteiger partial charge in [0.25, 0.3) is 0 Å². The molecule has 0 spiro atoms. The van der Waals surface area contributed by atoms with E-state index >= 15 is 0 Å². The summed E-state index contributed by atoms with van der Waals surface area (Å²) in [5.74, 6) is -0.226. The zero-order valence-corrected chi connectivity index (χ0v) is 9.07. The minimum atomic E-state index is -0.662. The zero-order chi connectivity index (χ0) is 11.1. The van der Waals surface area contributed by atoms with Crippen LogP contribution in [0.4, 0.5) is 0 Å². The van der Waals surface area contributed by atoms with Crippen LogP contribution in [-0.2, 0) is 4.79 Å². The maximum absolute atomic E-state index is 11.5. The molecule has 0 bridgehead atoms. The molecule has 15 heavy (non-hydrogen) atoms. The lowest BCUT2D eigenvalue weighted by Gasteiger charge is -2.09. The fourth-order valence-electron chi connectivity index (χ4n) is 1.15. The Morgan fingerprint density at radius 1 is 1.40 bits per heavy atom. The van der Waals surface area contributed by atoms with E-state index in [-0.39, 0.29) is 12.5 Å². The van der Waals surface area contributed by atoms with Gasteiger partial charge in [-0.15, -0.1) is 11.6 Å². The van der Waals surface area contributed by atoms with Crippen molar-refractivity contribution in [2.24, 2.45) is 0 Å². The molecule has 1 rings (SSSR count). The van der Waals surface area contributed by atoms with Crippen molar-refractivity contribution in [2.75, 3.05) is 13.2 Å². The summed E-state index contributed by atoms with van der Waals surface area (Å²) in [6.45, 7) is 0.518. The van der Waals surface area contributed by atoms with Crippen LogP contribution in [0.1, 0.15) is 17.4 Å². The monoisotopic (exact) mass is 227 g/mol. The van der Waals surface area contributed by atoms with Gasteiger partial charge in [-0.1, -0.05) is 30.3 Å². The number of halogens is 1. The van der Waals surface area contributed by atoms with Crippen molar-refractivity contribution in [2.45, 2.75) is 11.8 Å². The van der Waals surface area contributed by atoms with Gasteiger partial charge in [0.05, 0.1) is 0 Å². The molecule has 0 aliphatic carbocycles. The third kappa shape index (κ3) is 3.90. The van der Waals surface area contributed by atoms with Gasteiger partial charge in [0.1, 0.15) is 5.38 Å². The molecule has 1 aromatic rings. The first-order valence-corrected chi connectivity index (χ1v) is 5.27. The van der Waals surface area contributed by atoms with Crippen molar-refractivity contribution in [1.29, 1.82) is 0 Å². The van der Waals surface area contributed by atoms with Gasteiger partial charge >= 0.3 is 0 Å². The largest absolute Gasteiger partial charge is 0.396 e. The summed E-state index contributed by atoms with van der Waals surface area (Å²) < 4.78 is 0. The van der Waals surface area contributed by atoms with E-state index in [1.165, 1.54) is 0 Å².